The number of thioether (sulfide) groups is 1. The number of furan rings is 1. The lowest BCUT2D eigenvalue weighted by Gasteiger charge is -2.25. The molecule has 0 aliphatic heterocycles. The molecule has 1 saturated carbocycles. The molecular formula is C19H23N3O2S. The van der Waals surface area contributed by atoms with Crippen molar-refractivity contribution in [2.24, 2.45) is 0 Å². The third-order valence-electron chi connectivity index (χ3n) is 4.97. The highest BCUT2D eigenvalue weighted by Gasteiger charge is 2.22. The van der Waals surface area contributed by atoms with E-state index < -0.39 is 0 Å². The standard InChI is InChI=1S/C19H23N3O2S/c1-13-14(2)22(16-7-4-3-5-8-16)19(20-13)25-12-15-11-18(24-21-15)17-9-6-10-23-17/h6,9-11,16H,3-5,7-8,12H2,1-2H3. The highest BCUT2D eigenvalue weighted by molar-refractivity contribution is 7.98. The van der Waals surface area contributed by atoms with Crippen LogP contribution in [-0.2, 0) is 5.75 Å². The van der Waals surface area contributed by atoms with Gasteiger partial charge in [0.1, 0.15) is 0 Å². The van der Waals surface area contributed by atoms with Crippen LogP contribution < -0.4 is 0 Å². The normalized spacial score (nSPS) is 15.8. The number of nitrogens with zero attached hydrogens (tertiary/aromatic N) is 3. The van der Waals surface area contributed by atoms with E-state index in [1.54, 1.807) is 18.0 Å². The molecule has 1 aliphatic rings. The summed E-state index contributed by atoms with van der Waals surface area (Å²) >= 11 is 1.74. The minimum atomic E-state index is 0.591. The van der Waals surface area contributed by atoms with E-state index in [1.165, 1.54) is 37.8 Å². The van der Waals surface area contributed by atoms with E-state index in [4.69, 9.17) is 13.9 Å². The molecule has 0 saturated heterocycles. The largest absolute Gasteiger partial charge is 0.461 e. The zero-order chi connectivity index (χ0) is 17.2. The third-order valence-corrected chi connectivity index (χ3v) is 5.95. The predicted molar refractivity (Wildman–Crippen MR) is 97.6 cm³/mol. The first-order chi connectivity index (χ1) is 12.2. The molecule has 1 aliphatic carbocycles. The summed E-state index contributed by atoms with van der Waals surface area (Å²) in [7, 11) is 0. The number of hydrogen-bond donors (Lipinski definition) is 0. The average molecular weight is 357 g/mol. The van der Waals surface area contributed by atoms with Gasteiger partial charge in [0.2, 0.25) is 5.76 Å². The second kappa shape index (κ2) is 7.12. The molecule has 25 heavy (non-hydrogen) atoms. The van der Waals surface area contributed by atoms with E-state index in [-0.39, 0.29) is 0 Å². The van der Waals surface area contributed by atoms with Crippen molar-refractivity contribution in [2.75, 3.05) is 0 Å². The van der Waals surface area contributed by atoms with Crippen LogP contribution in [0.1, 0.15) is 55.2 Å². The molecule has 3 heterocycles. The van der Waals surface area contributed by atoms with E-state index in [0.29, 0.717) is 17.6 Å². The monoisotopic (exact) mass is 357 g/mol. The average Bonchev–Trinajstić information content (AvgIpc) is 3.35. The van der Waals surface area contributed by atoms with Crippen LogP contribution in [0.25, 0.3) is 11.5 Å². The van der Waals surface area contributed by atoms with Crippen LogP contribution in [0.2, 0.25) is 0 Å². The van der Waals surface area contributed by atoms with Gasteiger partial charge in [0.15, 0.2) is 10.9 Å². The van der Waals surface area contributed by atoms with E-state index in [2.05, 4.69) is 23.6 Å². The third kappa shape index (κ3) is 3.40. The maximum atomic E-state index is 5.39. The van der Waals surface area contributed by atoms with E-state index in [1.807, 2.05) is 18.2 Å². The Morgan fingerprint density at radius 1 is 1.20 bits per heavy atom. The summed E-state index contributed by atoms with van der Waals surface area (Å²) in [5.41, 5.74) is 3.33. The summed E-state index contributed by atoms with van der Waals surface area (Å²) in [5.74, 6) is 2.12. The van der Waals surface area contributed by atoms with Gasteiger partial charge >= 0.3 is 0 Å². The maximum absolute atomic E-state index is 5.39. The molecule has 5 nitrogen and oxygen atoms in total. The molecule has 0 N–H and O–H groups in total. The summed E-state index contributed by atoms with van der Waals surface area (Å²) in [5, 5.41) is 5.27. The van der Waals surface area contributed by atoms with Crippen LogP contribution in [0.4, 0.5) is 0 Å². The van der Waals surface area contributed by atoms with Gasteiger partial charge in [-0.1, -0.05) is 36.2 Å². The Balaban J connectivity index is 1.50. The summed E-state index contributed by atoms with van der Waals surface area (Å²) in [6.45, 7) is 4.29. The molecule has 4 rings (SSSR count). The van der Waals surface area contributed by atoms with Crippen LogP contribution >= 0.6 is 11.8 Å². The van der Waals surface area contributed by atoms with Gasteiger partial charge in [0, 0.05) is 23.6 Å². The molecule has 0 spiro atoms. The molecule has 132 valence electrons. The van der Waals surface area contributed by atoms with Crippen LogP contribution in [0.3, 0.4) is 0 Å². The molecular weight excluding hydrogens is 334 g/mol. The molecule has 0 aromatic carbocycles. The summed E-state index contributed by atoms with van der Waals surface area (Å²) in [4.78, 5) is 4.81. The van der Waals surface area contributed by atoms with Crippen molar-refractivity contribution in [3.8, 4) is 11.5 Å². The summed E-state index contributed by atoms with van der Waals surface area (Å²) in [6.07, 6.45) is 8.16. The van der Waals surface area contributed by atoms with Crippen molar-refractivity contribution in [1.82, 2.24) is 14.7 Å². The number of imidazole rings is 1. The Hall–Kier alpha value is -1.95. The highest BCUT2D eigenvalue weighted by Crippen LogP contribution is 2.35. The van der Waals surface area contributed by atoms with Gasteiger partial charge in [-0.05, 0) is 38.8 Å². The molecule has 0 unspecified atom stereocenters. The van der Waals surface area contributed by atoms with Gasteiger partial charge in [-0.3, -0.25) is 0 Å². The van der Waals surface area contributed by atoms with Gasteiger partial charge in [-0.2, -0.15) is 0 Å². The molecule has 6 heteroatoms. The molecule has 3 aromatic heterocycles. The first-order valence-electron chi connectivity index (χ1n) is 8.90. The van der Waals surface area contributed by atoms with Crippen molar-refractivity contribution in [2.45, 2.75) is 62.9 Å². The fourth-order valence-corrected chi connectivity index (χ4v) is 4.56. The Morgan fingerprint density at radius 3 is 2.80 bits per heavy atom. The summed E-state index contributed by atoms with van der Waals surface area (Å²) in [6, 6.07) is 6.26. The van der Waals surface area contributed by atoms with Gasteiger partial charge < -0.3 is 13.5 Å². The molecule has 0 atom stereocenters. The van der Waals surface area contributed by atoms with Gasteiger partial charge in [0.05, 0.1) is 17.7 Å². The Bertz CT molecular complexity index is 829. The first-order valence-corrected chi connectivity index (χ1v) is 9.88. The molecule has 3 aromatic rings. The fraction of sp³-hybridized carbons (Fsp3) is 0.474. The van der Waals surface area contributed by atoms with Crippen molar-refractivity contribution >= 4 is 11.8 Å². The van der Waals surface area contributed by atoms with Gasteiger partial charge in [-0.15, -0.1) is 0 Å². The molecule has 0 amide bonds. The van der Waals surface area contributed by atoms with Crippen molar-refractivity contribution in [3.63, 3.8) is 0 Å². The number of hydrogen-bond acceptors (Lipinski definition) is 5. The number of aromatic nitrogens is 3. The minimum Gasteiger partial charge on any atom is -0.461 e. The Morgan fingerprint density at radius 2 is 2.04 bits per heavy atom. The minimum absolute atomic E-state index is 0.591. The van der Waals surface area contributed by atoms with Crippen molar-refractivity contribution in [1.29, 1.82) is 0 Å². The smallest absolute Gasteiger partial charge is 0.202 e. The van der Waals surface area contributed by atoms with Crippen LogP contribution in [-0.4, -0.2) is 14.7 Å². The van der Waals surface area contributed by atoms with E-state index >= 15 is 0 Å². The number of rotatable bonds is 5. The second-order valence-electron chi connectivity index (χ2n) is 6.68. The van der Waals surface area contributed by atoms with Crippen LogP contribution in [0.5, 0.6) is 0 Å². The SMILES string of the molecule is Cc1nc(SCc2cc(-c3ccco3)on2)n(C2CCCCC2)c1C. The van der Waals surface area contributed by atoms with Crippen molar-refractivity contribution < 1.29 is 8.94 Å². The lowest BCUT2D eigenvalue weighted by molar-refractivity contribution is 0.332. The zero-order valence-corrected chi connectivity index (χ0v) is 15.5. The van der Waals surface area contributed by atoms with E-state index in [0.717, 1.165) is 22.3 Å². The van der Waals surface area contributed by atoms with E-state index in [9.17, 15) is 0 Å². The fourth-order valence-electron chi connectivity index (χ4n) is 3.52. The van der Waals surface area contributed by atoms with Gasteiger partial charge in [0.25, 0.3) is 0 Å². The second-order valence-corrected chi connectivity index (χ2v) is 7.62. The lowest BCUT2D eigenvalue weighted by Crippen LogP contribution is -2.15. The number of aryl methyl sites for hydroxylation is 1. The quantitative estimate of drug-likeness (QED) is 0.561. The van der Waals surface area contributed by atoms with Crippen LogP contribution in [0, 0.1) is 13.8 Å². The first kappa shape index (κ1) is 16.5. The molecule has 0 radical (unpaired) electrons. The molecule has 1 fully saturated rings. The summed E-state index contributed by atoms with van der Waals surface area (Å²) < 4.78 is 13.2. The predicted octanol–water partition coefficient (Wildman–Crippen LogP) is 5.55. The zero-order valence-electron chi connectivity index (χ0n) is 14.7. The Kier molecular flexibility index (Phi) is 4.70. The van der Waals surface area contributed by atoms with Crippen molar-refractivity contribution in [3.05, 3.63) is 41.5 Å². The molecule has 0 bridgehead atoms. The topological polar surface area (TPSA) is 57.0 Å². The lowest BCUT2D eigenvalue weighted by atomic mass is 9.95. The highest BCUT2D eigenvalue weighted by atomic mass is 32.2. The Labute approximate surface area is 151 Å². The van der Waals surface area contributed by atoms with Crippen LogP contribution in [0.15, 0.2) is 38.6 Å². The van der Waals surface area contributed by atoms with Gasteiger partial charge in [-0.25, -0.2) is 4.98 Å². The maximum Gasteiger partial charge on any atom is 0.202 e.